The average molecular weight is 232 g/mol. The van der Waals surface area contributed by atoms with Crippen LogP contribution in [0.5, 0.6) is 0 Å². The first-order valence-corrected chi connectivity index (χ1v) is 7.61. The lowest BCUT2D eigenvalue weighted by molar-refractivity contribution is 0.258. The smallest absolute Gasteiger partial charge is 0.211 e. The molecule has 0 N–H and O–H groups in total. The lowest BCUT2D eigenvalue weighted by Gasteiger charge is -2.26. The molecule has 1 atom stereocenters. The fourth-order valence-electron chi connectivity index (χ4n) is 2.69. The van der Waals surface area contributed by atoms with Crippen molar-refractivity contribution in [2.24, 2.45) is 0 Å². The first-order chi connectivity index (χ1) is 7.07. The molecule has 88 valence electrons. The number of nitrogens with zero attached hydrogens (tertiary/aromatic N) is 2. The van der Waals surface area contributed by atoms with E-state index in [-0.39, 0.29) is 6.04 Å². The van der Waals surface area contributed by atoms with Gasteiger partial charge >= 0.3 is 0 Å². The molecule has 0 aliphatic carbocycles. The Morgan fingerprint density at radius 1 is 1.13 bits per heavy atom. The quantitative estimate of drug-likeness (QED) is 0.712. The Labute approximate surface area is 92.3 Å². The maximum absolute atomic E-state index is 11.5. The van der Waals surface area contributed by atoms with Crippen molar-refractivity contribution in [3.8, 4) is 0 Å². The van der Waals surface area contributed by atoms with Crippen LogP contribution >= 0.6 is 0 Å². The van der Waals surface area contributed by atoms with Gasteiger partial charge in [0.15, 0.2) is 0 Å². The summed E-state index contributed by atoms with van der Waals surface area (Å²) in [5.74, 6) is 0. The van der Waals surface area contributed by atoms with Gasteiger partial charge in [0.25, 0.3) is 0 Å². The number of sulfonamides is 1. The van der Waals surface area contributed by atoms with Gasteiger partial charge < -0.3 is 4.90 Å². The lowest BCUT2D eigenvalue weighted by atomic mass is 10.2. The fraction of sp³-hybridized carbons (Fsp3) is 1.00. The van der Waals surface area contributed by atoms with Crippen LogP contribution in [0.1, 0.15) is 25.7 Å². The van der Waals surface area contributed by atoms with Crippen LogP contribution in [-0.2, 0) is 10.0 Å². The minimum Gasteiger partial charge on any atom is -0.302 e. The minimum absolute atomic E-state index is 0.234. The number of rotatable bonds is 3. The van der Waals surface area contributed by atoms with E-state index in [0.29, 0.717) is 0 Å². The highest BCUT2D eigenvalue weighted by Gasteiger charge is 2.32. The molecule has 0 aromatic carbocycles. The second-order valence-corrected chi connectivity index (χ2v) is 6.61. The molecule has 2 rings (SSSR count). The van der Waals surface area contributed by atoms with Crippen molar-refractivity contribution in [3.63, 3.8) is 0 Å². The summed E-state index contributed by atoms with van der Waals surface area (Å²) in [6.45, 7) is 3.95. The Hall–Kier alpha value is -0.130. The second kappa shape index (κ2) is 4.39. The molecule has 0 radical (unpaired) electrons. The summed E-state index contributed by atoms with van der Waals surface area (Å²) in [4.78, 5) is 2.40. The second-order valence-electron chi connectivity index (χ2n) is 4.68. The molecule has 15 heavy (non-hydrogen) atoms. The Morgan fingerprint density at radius 3 is 2.40 bits per heavy atom. The van der Waals surface area contributed by atoms with Gasteiger partial charge in [-0.2, -0.15) is 4.31 Å². The van der Waals surface area contributed by atoms with Crippen LogP contribution in [0, 0.1) is 0 Å². The zero-order valence-electron chi connectivity index (χ0n) is 9.35. The minimum atomic E-state index is -2.99. The maximum Gasteiger partial charge on any atom is 0.211 e. The SMILES string of the molecule is CS(=O)(=O)N1CCC[C@H]1CN1CCCC1. The molecular weight excluding hydrogens is 212 g/mol. The molecule has 2 aliphatic rings. The summed E-state index contributed by atoms with van der Waals surface area (Å²) >= 11 is 0. The van der Waals surface area contributed by atoms with Gasteiger partial charge in [0, 0.05) is 19.1 Å². The van der Waals surface area contributed by atoms with Gasteiger partial charge in [0.1, 0.15) is 0 Å². The molecule has 2 aliphatic heterocycles. The maximum atomic E-state index is 11.5. The monoisotopic (exact) mass is 232 g/mol. The third-order valence-corrected chi connectivity index (χ3v) is 4.75. The summed E-state index contributed by atoms with van der Waals surface area (Å²) in [5, 5.41) is 0. The van der Waals surface area contributed by atoms with Crippen LogP contribution in [0.2, 0.25) is 0 Å². The Kier molecular flexibility index (Phi) is 3.33. The van der Waals surface area contributed by atoms with Gasteiger partial charge in [0.05, 0.1) is 6.26 Å². The Bertz CT molecular complexity index is 309. The third-order valence-electron chi connectivity index (χ3n) is 3.42. The normalized spacial score (nSPS) is 30.1. The standard InChI is InChI=1S/C10H20N2O2S/c1-15(13,14)12-8-4-5-10(12)9-11-6-2-3-7-11/h10H,2-9H2,1H3/t10-/m0/s1. The van der Waals surface area contributed by atoms with E-state index in [1.165, 1.54) is 19.1 Å². The van der Waals surface area contributed by atoms with E-state index in [4.69, 9.17) is 0 Å². The first-order valence-electron chi connectivity index (χ1n) is 5.76. The van der Waals surface area contributed by atoms with Crippen LogP contribution in [0.15, 0.2) is 0 Å². The predicted octanol–water partition coefficient (Wildman–Crippen LogP) is 0.506. The van der Waals surface area contributed by atoms with Crippen molar-refractivity contribution in [2.75, 3.05) is 32.4 Å². The highest BCUT2D eigenvalue weighted by molar-refractivity contribution is 7.88. The predicted molar refractivity (Wildman–Crippen MR) is 60.2 cm³/mol. The molecule has 4 nitrogen and oxygen atoms in total. The summed E-state index contributed by atoms with van der Waals surface area (Å²) in [6, 6.07) is 0.234. The molecule has 0 unspecified atom stereocenters. The van der Waals surface area contributed by atoms with E-state index in [1.807, 2.05) is 0 Å². The summed E-state index contributed by atoms with van der Waals surface area (Å²) < 4.78 is 24.7. The van der Waals surface area contributed by atoms with Crippen LogP contribution in [0.4, 0.5) is 0 Å². The molecular formula is C10H20N2O2S. The van der Waals surface area contributed by atoms with E-state index in [0.717, 1.165) is 39.0 Å². The summed E-state index contributed by atoms with van der Waals surface area (Å²) in [5.41, 5.74) is 0. The van der Waals surface area contributed by atoms with Gasteiger partial charge in [-0.25, -0.2) is 8.42 Å². The van der Waals surface area contributed by atoms with Gasteiger partial charge in [-0.05, 0) is 38.8 Å². The molecule has 0 spiro atoms. The van der Waals surface area contributed by atoms with Gasteiger partial charge in [-0.15, -0.1) is 0 Å². The highest BCUT2D eigenvalue weighted by Crippen LogP contribution is 2.22. The zero-order chi connectivity index (χ0) is 10.9. The van der Waals surface area contributed by atoms with E-state index >= 15 is 0 Å². The molecule has 5 heteroatoms. The summed E-state index contributed by atoms with van der Waals surface area (Å²) in [6.07, 6.45) is 5.92. The van der Waals surface area contributed by atoms with E-state index in [2.05, 4.69) is 4.90 Å². The van der Waals surface area contributed by atoms with Crippen molar-refractivity contribution < 1.29 is 8.42 Å². The molecule has 0 bridgehead atoms. The van der Waals surface area contributed by atoms with E-state index in [9.17, 15) is 8.42 Å². The number of hydrogen-bond acceptors (Lipinski definition) is 3. The topological polar surface area (TPSA) is 40.6 Å². The first kappa shape index (κ1) is 11.4. The van der Waals surface area contributed by atoms with Crippen molar-refractivity contribution >= 4 is 10.0 Å². The fourth-order valence-corrected chi connectivity index (χ4v) is 3.87. The summed E-state index contributed by atoms with van der Waals surface area (Å²) in [7, 11) is -2.99. The zero-order valence-corrected chi connectivity index (χ0v) is 10.2. The molecule has 0 aromatic rings. The van der Waals surface area contributed by atoms with Crippen molar-refractivity contribution in [2.45, 2.75) is 31.7 Å². The Morgan fingerprint density at radius 2 is 1.80 bits per heavy atom. The van der Waals surface area contributed by atoms with Gasteiger partial charge in [0.2, 0.25) is 10.0 Å². The molecule has 2 heterocycles. The van der Waals surface area contributed by atoms with Gasteiger partial charge in [-0.3, -0.25) is 0 Å². The van der Waals surface area contributed by atoms with Crippen molar-refractivity contribution in [1.82, 2.24) is 9.21 Å². The molecule has 2 fully saturated rings. The average Bonchev–Trinajstić information content (AvgIpc) is 2.73. The molecule has 0 saturated carbocycles. The number of hydrogen-bond donors (Lipinski definition) is 0. The van der Waals surface area contributed by atoms with Crippen LogP contribution in [0.3, 0.4) is 0 Å². The molecule has 0 aromatic heterocycles. The highest BCUT2D eigenvalue weighted by atomic mass is 32.2. The largest absolute Gasteiger partial charge is 0.302 e. The molecule has 2 saturated heterocycles. The third kappa shape index (κ3) is 2.71. The van der Waals surface area contributed by atoms with Crippen LogP contribution < -0.4 is 0 Å². The lowest BCUT2D eigenvalue weighted by Crippen LogP contribution is -2.41. The van der Waals surface area contributed by atoms with E-state index in [1.54, 1.807) is 4.31 Å². The van der Waals surface area contributed by atoms with Crippen molar-refractivity contribution in [3.05, 3.63) is 0 Å². The number of likely N-dealkylation sites (tertiary alicyclic amines) is 1. The van der Waals surface area contributed by atoms with E-state index < -0.39 is 10.0 Å². The molecule has 0 amide bonds. The van der Waals surface area contributed by atoms with Crippen LogP contribution in [0.25, 0.3) is 0 Å². The Balaban J connectivity index is 1.95. The van der Waals surface area contributed by atoms with Gasteiger partial charge in [-0.1, -0.05) is 0 Å². The van der Waals surface area contributed by atoms with Crippen molar-refractivity contribution in [1.29, 1.82) is 0 Å². The van der Waals surface area contributed by atoms with Crippen LogP contribution in [-0.4, -0.2) is 56.1 Å².